The van der Waals surface area contributed by atoms with E-state index in [4.69, 9.17) is 4.74 Å². The molecule has 1 heterocycles. The Morgan fingerprint density at radius 3 is 2.84 bits per heavy atom. The first-order valence-corrected chi connectivity index (χ1v) is 6.84. The van der Waals surface area contributed by atoms with Gasteiger partial charge in [-0.3, -0.25) is 4.90 Å². The molecule has 102 valence electrons. The van der Waals surface area contributed by atoms with Crippen molar-refractivity contribution in [2.24, 2.45) is 0 Å². The predicted molar refractivity (Wildman–Crippen MR) is 75.8 cm³/mol. The van der Waals surface area contributed by atoms with E-state index in [1.807, 2.05) is 41.3 Å². The van der Waals surface area contributed by atoms with E-state index in [0.29, 0.717) is 6.61 Å². The van der Waals surface area contributed by atoms with Crippen LogP contribution in [0.5, 0.6) is 0 Å². The summed E-state index contributed by atoms with van der Waals surface area (Å²) in [6, 6.07) is 10.1. The summed E-state index contributed by atoms with van der Waals surface area (Å²) in [6.45, 7) is 6.22. The molecular weight excluding hydrogens is 238 g/mol. The summed E-state index contributed by atoms with van der Waals surface area (Å²) in [7, 11) is 0. The maximum Gasteiger partial charge on any atom is 0.410 e. The topological polar surface area (TPSA) is 29.5 Å². The van der Waals surface area contributed by atoms with Gasteiger partial charge in [0, 0.05) is 6.04 Å². The second-order valence-electron chi connectivity index (χ2n) is 5.03. The summed E-state index contributed by atoms with van der Waals surface area (Å²) in [4.78, 5) is 14.0. The number of rotatable bonds is 3. The minimum absolute atomic E-state index is 0.104. The minimum Gasteiger partial charge on any atom is -0.445 e. The van der Waals surface area contributed by atoms with Crippen molar-refractivity contribution in [3.63, 3.8) is 0 Å². The zero-order valence-electron chi connectivity index (χ0n) is 11.4. The van der Waals surface area contributed by atoms with Crippen LogP contribution in [0, 0.1) is 0 Å². The van der Waals surface area contributed by atoms with Gasteiger partial charge in [0.15, 0.2) is 0 Å². The third kappa shape index (κ3) is 3.37. The third-order valence-electron chi connectivity index (χ3n) is 3.64. The van der Waals surface area contributed by atoms with Crippen LogP contribution in [0.2, 0.25) is 0 Å². The predicted octanol–water partition coefficient (Wildman–Crippen LogP) is 3.75. The summed E-state index contributed by atoms with van der Waals surface area (Å²) in [5, 5.41) is 0. The van der Waals surface area contributed by atoms with Crippen LogP contribution in [0.15, 0.2) is 43.0 Å². The summed E-state index contributed by atoms with van der Waals surface area (Å²) in [5.41, 5.74) is 1.01. The van der Waals surface area contributed by atoms with Gasteiger partial charge in [0.2, 0.25) is 0 Å². The molecule has 3 heteroatoms. The molecule has 1 amide bonds. The van der Waals surface area contributed by atoms with E-state index in [1.54, 1.807) is 0 Å². The summed E-state index contributed by atoms with van der Waals surface area (Å²) >= 11 is 0. The van der Waals surface area contributed by atoms with Crippen molar-refractivity contribution in [3.05, 3.63) is 48.6 Å². The molecule has 0 N–H and O–H groups in total. The number of hydrogen-bond donors (Lipinski definition) is 0. The van der Waals surface area contributed by atoms with E-state index in [9.17, 15) is 4.79 Å². The van der Waals surface area contributed by atoms with Crippen molar-refractivity contribution in [2.75, 3.05) is 0 Å². The molecule has 0 aliphatic carbocycles. The standard InChI is InChI=1S/C16H21NO2/c1-3-15-11-7-8-13(2)17(15)16(18)19-12-14-9-5-4-6-10-14/h3-6,9-10,13,15H,1,7-8,11-12H2,2H3/t13-,15-/m1/s1. The van der Waals surface area contributed by atoms with E-state index in [0.717, 1.165) is 24.8 Å². The molecule has 2 atom stereocenters. The van der Waals surface area contributed by atoms with Crippen molar-refractivity contribution >= 4 is 6.09 Å². The lowest BCUT2D eigenvalue weighted by Crippen LogP contribution is -2.48. The number of nitrogens with zero attached hydrogens (tertiary/aromatic N) is 1. The van der Waals surface area contributed by atoms with Crippen molar-refractivity contribution in [1.82, 2.24) is 4.90 Å². The Hall–Kier alpha value is -1.77. The van der Waals surface area contributed by atoms with Gasteiger partial charge in [-0.15, -0.1) is 6.58 Å². The zero-order valence-corrected chi connectivity index (χ0v) is 11.4. The number of carbonyl (C=O) groups excluding carboxylic acids is 1. The third-order valence-corrected chi connectivity index (χ3v) is 3.64. The van der Waals surface area contributed by atoms with Gasteiger partial charge in [-0.05, 0) is 31.7 Å². The maximum atomic E-state index is 12.2. The maximum absolute atomic E-state index is 12.2. The lowest BCUT2D eigenvalue weighted by molar-refractivity contribution is 0.0574. The van der Waals surface area contributed by atoms with Gasteiger partial charge in [0.1, 0.15) is 6.61 Å². The first kappa shape index (κ1) is 13.7. The van der Waals surface area contributed by atoms with Gasteiger partial charge >= 0.3 is 6.09 Å². The number of carbonyl (C=O) groups is 1. The first-order chi connectivity index (χ1) is 9.22. The normalized spacial score (nSPS) is 22.9. The molecule has 0 saturated carbocycles. The fourth-order valence-corrected chi connectivity index (χ4v) is 2.57. The largest absolute Gasteiger partial charge is 0.445 e. The molecular formula is C16H21NO2. The molecule has 19 heavy (non-hydrogen) atoms. The van der Waals surface area contributed by atoms with Crippen LogP contribution in [0.4, 0.5) is 4.79 Å². The summed E-state index contributed by atoms with van der Waals surface area (Å²) < 4.78 is 5.41. The molecule has 1 aliphatic rings. The van der Waals surface area contributed by atoms with Crippen molar-refractivity contribution in [2.45, 2.75) is 44.9 Å². The van der Waals surface area contributed by atoms with Crippen molar-refractivity contribution in [1.29, 1.82) is 0 Å². The quantitative estimate of drug-likeness (QED) is 0.774. The average molecular weight is 259 g/mol. The SMILES string of the molecule is C=C[C@@H]1CCC[C@@H](C)N1C(=O)OCc1ccccc1. The van der Waals surface area contributed by atoms with Crippen LogP contribution in [0.3, 0.4) is 0 Å². The average Bonchev–Trinajstić information content (AvgIpc) is 2.45. The number of hydrogen-bond acceptors (Lipinski definition) is 2. The Kier molecular flexibility index (Phi) is 4.61. The molecule has 2 rings (SSSR count). The highest BCUT2D eigenvalue weighted by Gasteiger charge is 2.30. The smallest absolute Gasteiger partial charge is 0.410 e. The molecule has 0 radical (unpaired) electrons. The monoisotopic (exact) mass is 259 g/mol. The minimum atomic E-state index is -0.235. The van der Waals surface area contributed by atoms with E-state index in [-0.39, 0.29) is 18.2 Å². The highest BCUT2D eigenvalue weighted by atomic mass is 16.6. The molecule has 3 nitrogen and oxygen atoms in total. The number of likely N-dealkylation sites (tertiary alicyclic amines) is 1. The number of benzene rings is 1. The molecule has 0 bridgehead atoms. The van der Waals surface area contributed by atoms with Crippen molar-refractivity contribution in [3.8, 4) is 0 Å². The summed E-state index contributed by atoms with van der Waals surface area (Å²) in [5.74, 6) is 0. The van der Waals surface area contributed by atoms with Crippen molar-refractivity contribution < 1.29 is 9.53 Å². The second-order valence-corrected chi connectivity index (χ2v) is 5.03. The van der Waals surface area contributed by atoms with Crippen LogP contribution in [0.25, 0.3) is 0 Å². The fraction of sp³-hybridized carbons (Fsp3) is 0.438. The van der Waals surface area contributed by atoms with Crippen LogP contribution < -0.4 is 0 Å². The van der Waals surface area contributed by atoms with Gasteiger partial charge in [-0.25, -0.2) is 4.79 Å². The van der Waals surface area contributed by atoms with Crippen LogP contribution in [-0.2, 0) is 11.3 Å². The van der Waals surface area contributed by atoms with Gasteiger partial charge in [-0.2, -0.15) is 0 Å². The Morgan fingerprint density at radius 2 is 2.16 bits per heavy atom. The van der Waals surface area contributed by atoms with E-state index in [1.165, 1.54) is 0 Å². The Morgan fingerprint density at radius 1 is 1.42 bits per heavy atom. The van der Waals surface area contributed by atoms with Crippen LogP contribution in [-0.4, -0.2) is 23.1 Å². The van der Waals surface area contributed by atoms with Gasteiger partial charge < -0.3 is 4.74 Å². The van der Waals surface area contributed by atoms with Gasteiger partial charge in [-0.1, -0.05) is 36.4 Å². The molecule has 0 unspecified atom stereocenters. The van der Waals surface area contributed by atoms with Gasteiger partial charge in [0.25, 0.3) is 0 Å². The molecule has 0 spiro atoms. The van der Waals surface area contributed by atoms with Crippen LogP contribution >= 0.6 is 0 Å². The lowest BCUT2D eigenvalue weighted by Gasteiger charge is -2.38. The zero-order chi connectivity index (χ0) is 13.7. The number of piperidine rings is 1. The molecule has 1 saturated heterocycles. The van der Waals surface area contributed by atoms with Crippen LogP contribution in [0.1, 0.15) is 31.7 Å². The van der Waals surface area contributed by atoms with Gasteiger partial charge in [0.05, 0.1) is 6.04 Å². The molecule has 1 aromatic rings. The number of amides is 1. The highest BCUT2D eigenvalue weighted by Crippen LogP contribution is 2.24. The second kappa shape index (κ2) is 6.41. The lowest BCUT2D eigenvalue weighted by atomic mass is 9.97. The van der Waals surface area contributed by atoms with E-state index < -0.39 is 0 Å². The number of ether oxygens (including phenoxy) is 1. The molecule has 0 aromatic heterocycles. The Bertz CT molecular complexity index is 430. The molecule has 1 fully saturated rings. The highest BCUT2D eigenvalue weighted by molar-refractivity contribution is 5.69. The van der Waals surface area contributed by atoms with E-state index >= 15 is 0 Å². The Labute approximate surface area is 114 Å². The summed E-state index contributed by atoms with van der Waals surface area (Å²) in [6.07, 6.45) is 4.76. The molecule has 1 aliphatic heterocycles. The van der Waals surface area contributed by atoms with E-state index in [2.05, 4.69) is 13.5 Å². The molecule has 1 aromatic carbocycles. The fourth-order valence-electron chi connectivity index (χ4n) is 2.57. The Balaban J connectivity index is 1.96. The first-order valence-electron chi connectivity index (χ1n) is 6.84.